The predicted molar refractivity (Wildman–Crippen MR) is 128 cm³/mol. The van der Waals surface area contributed by atoms with Crippen molar-refractivity contribution in [2.45, 2.75) is 26.3 Å². The number of hydrogen-bond donors (Lipinski definition) is 2. The molecule has 2 aromatic carbocycles. The highest BCUT2D eigenvalue weighted by molar-refractivity contribution is 9.10. The summed E-state index contributed by atoms with van der Waals surface area (Å²) in [6, 6.07) is 11.1. The molecule has 8 nitrogen and oxygen atoms in total. The lowest BCUT2D eigenvalue weighted by molar-refractivity contribution is 0.0791. The summed E-state index contributed by atoms with van der Waals surface area (Å²) in [5.41, 5.74) is 7.15. The number of hydrazine groups is 1. The van der Waals surface area contributed by atoms with Crippen LogP contribution in [-0.4, -0.2) is 50.8 Å². The number of benzene rings is 2. The fraction of sp³-hybridized carbons (Fsp3) is 0.417. The number of carbonyl (C=O) groups excluding carboxylic acids is 2. The topological polar surface area (TPSA) is 89.1 Å². The molecule has 33 heavy (non-hydrogen) atoms. The minimum atomic E-state index is -0.670. The van der Waals surface area contributed by atoms with Crippen molar-refractivity contribution in [2.24, 2.45) is 5.92 Å². The molecule has 2 aromatic rings. The molecule has 1 atom stereocenters. The van der Waals surface area contributed by atoms with Crippen molar-refractivity contribution in [3.63, 3.8) is 0 Å². The highest BCUT2D eigenvalue weighted by atomic mass is 79.9. The van der Waals surface area contributed by atoms with Gasteiger partial charge >= 0.3 is 6.09 Å². The van der Waals surface area contributed by atoms with Crippen LogP contribution in [0.25, 0.3) is 0 Å². The van der Waals surface area contributed by atoms with Crippen molar-refractivity contribution in [1.29, 1.82) is 0 Å². The Balaban J connectivity index is 1.47. The molecule has 1 saturated heterocycles. The van der Waals surface area contributed by atoms with E-state index in [0.717, 1.165) is 48.1 Å². The van der Waals surface area contributed by atoms with Crippen LogP contribution in [0.3, 0.4) is 0 Å². The van der Waals surface area contributed by atoms with Gasteiger partial charge in [0.25, 0.3) is 5.91 Å². The third-order valence-corrected chi connectivity index (χ3v) is 6.41. The Kier molecular flexibility index (Phi) is 8.96. The van der Waals surface area contributed by atoms with Gasteiger partial charge in [-0.25, -0.2) is 10.2 Å². The molecule has 0 spiro atoms. The van der Waals surface area contributed by atoms with Gasteiger partial charge in [-0.3, -0.25) is 15.1 Å². The van der Waals surface area contributed by atoms with E-state index in [1.807, 2.05) is 31.2 Å². The molecule has 0 aromatic heterocycles. The van der Waals surface area contributed by atoms with Crippen molar-refractivity contribution in [3.8, 4) is 11.5 Å². The third kappa shape index (κ3) is 6.85. The lowest BCUT2D eigenvalue weighted by Gasteiger charge is -2.32. The maximum Gasteiger partial charge on any atom is 0.426 e. The zero-order chi connectivity index (χ0) is 23.8. The first-order chi connectivity index (χ1) is 15.9. The van der Waals surface area contributed by atoms with E-state index in [4.69, 9.17) is 14.2 Å². The second kappa shape index (κ2) is 11.9. The largest absolute Gasteiger partial charge is 0.493 e. The summed E-state index contributed by atoms with van der Waals surface area (Å²) >= 11 is 3.62. The van der Waals surface area contributed by atoms with E-state index in [0.29, 0.717) is 17.1 Å². The molecule has 3 rings (SSSR count). The van der Waals surface area contributed by atoms with Gasteiger partial charge in [-0.15, -0.1) is 0 Å². The smallest absolute Gasteiger partial charge is 0.426 e. The van der Waals surface area contributed by atoms with Gasteiger partial charge in [0, 0.05) is 29.0 Å². The molecule has 0 aliphatic carbocycles. The standard InChI is InChI=1S/C24H30BrN3O5/c1-16-7-4-5-9-19(16)23(29)26-27-24(30)33-15-17-8-6-10-28(13-17)14-18-11-21(31-2)22(32-3)12-20(18)25/h4-5,7,9,11-12,17H,6,8,10,13-15H2,1-3H3,(H,26,29)(H,27,30). The number of aryl methyl sites for hydroxylation is 1. The van der Waals surface area contributed by atoms with Crippen LogP contribution < -0.4 is 20.3 Å². The van der Waals surface area contributed by atoms with Gasteiger partial charge in [-0.05, 0) is 55.6 Å². The summed E-state index contributed by atoms with van der Waals surface area (Å²) in [7, 11) is 3.24. The molecule has 1 heterocycles. The molecule has 9 heteroatoms. The summed E-state index contributed by atoms with van der Waals surface area (Å²) in [5, 5.41) is 0. The second-order valence-electron chi connectivity index (χ2n) is 8.03. The summed E-state index contributed by atoms with van der Waals surface area (Å²) in [6.07, 6.45) is 1.33. The number of rotatable bonds is 7. The van der Waals surface area contributed by atoms with Gasteiger partial charge in [0.1, 0.15) is 0 Å². The van der Waals surface area contributed by atoms with Crippen LogP contribution in [0.4, 0.5) is 4.79 Å². The van der Waals surface area contributed by atoms with Crippen molar-refractivity contribution in [2.75, 3.05) is 33.9 Å². The van der Waals surface area contributed by atoms with E-state index < -0.39 is 6.09 Å². The number of ether oxygens (including phenoxy) is 3. The zero-order valence-electron chi connectivity index (χ0n) is 19.2. The van der Waals surface area contributed by atoms with Gasteiger partial charge in [0.15, 0.2) is 11.5 Å². The van der Waals surface area contributed by atoms with Crippen molar-refractivity contribution in [3.05, 3.63) is 57.6 Å². The molecule has 0 radical (unpaired) electrons. The van der Waals surface area contributed by atoms with Gasteiger partial charge in [0.2, 0.25) is 0 Å². The molecular formula is C24H30BrN3O5. The monoisotopic (exact) mass is 519 g/mol. The number of carbonyl (C=O) groups is 2. The van der Waals surface area contributed by atoms with E-state index in [1.54, 1.807) is 26.4 Å². The van der Waals surface area contributed by atoms with Gasteiger partial charge in [0.05, 0.1) is 20.8 Å². The number of nitrogens with zero attached hydrogens (tertiary/aromatic N) is 1. The first-order valence-corrected chi connectivity index (χ1v) is 11.6. The number of methoxy groups -OCH3 is 2. The molecule has 1 unspecified atom stereocenters. The molecule has 2 N–H and O–H groups in total. The lowest BCUT2D eigenvalue weighted by atomic mass is 9.98. The molecule has 1 aliphatic heterocycles. The van der Waals surface area contributed by atoms with Crippen molar-refractivity contribution < 1.29 is 23.8 Å². The minimum Gasteiger partial charge on any atom is -0.493 e. The highest BCUT2D eigenvalue weighted by Crippen LogP contribution is 2.34. The molecule has 2 amide bonds. The third-order valence-electron chi connectivity index (χ3n) is 5.67. The normalized spacial score (nSPS) is 16.1. The fourth-order valence-electron chi connectivity index (χ4n) is 3.92. The molecule has 0 bridgehead atoms. The molecule has 1 fully saturated rings. The first-order valence-electron chi connectivity index (χ1n) is 10.8. The van der Waals surface area contributed by atoms with Gasteiger partial charge < -0.3 is 14.2 Å². The van der Waals surface area contributed by atoms with Crippen LogP contribution in [0.2, 0.25) is 0 Å². The molecule has 0 saturated carbocycles. The van der Waals surface area contributed by atoms with Crippen LogP contribution >= 0.6 is 15.9 Å². The predicted octanol–water partition coefficient (Wildman–Crippen LogP) is 4.06. The summed E-state index contributed by atoms with van der Waals surface area (Å²) < 4.78 is 17.1. The average Bonchev–Trinajstić information content (AvgIpc) is 2.82. The van der Waals surface area contributed by atoms with E-state index in [1.165, 1.54) is 0 Å². The highest BCUT2D eigenvalue weighted by Gasteiger charge is 2.23. The molecular weight excluding hydrogens is 490 g/mol. The zero-order valence-corrected chi connectivity index (χ0v) is 20.7. The minimum absolute atomic E-state index is 0.218. The average molecular weight is 520 g/mol. The molecule has 1 aliphatic rings. The molecule has 178 valence electrons. The maximum absolute atomic E-state index is 12.2. The van der Waals surface area contributed by atoms with E-state index >= 15 is 0 Å². The summed E-state index contributed by atoms with van der Waals surface area (Å²) in [4.78, 5) is 26.6. The second-order valence-corrected chi connectivity index (χ2v) is 8.89. The number of piperidine rings is 1. The number of likely N-dealkylation sites (tertiary alicyclic amines) is 1. The van der Waals surface area contributed by atoms with Crippen LogP contribution in [0, 0.1) is 12.8 Å². The number of amides is 2. The maximum atomic E-state index is 12.2. The van der Waals surface area contributed by atoms with Crippen molar-refractivity contribution in [1.82, 2.24) is 15.8 Å². The fourth-order valence-corrected chi connectivity index (χ4v) is 4.37. The SMILES string of the molecule is COc1cc(Br)c(CN2CCCC(COC(=O)NNC(=O)c3ccccc3C)C2)cc1OC. The van der Waals surface area contributed by atoms with Gasteiger partial charge in [-0.1, -0.05) is 34.1 Å². The summed E-state index contributed by atoms with van der Waals surface area (Å²) in [5.74, 6) is 1.21. The number of halogens is 1. The number of nitrogens with one attached hydrogen (secondary N) is 2. The van der Waals surface area contributed by atoms with Gasteiger partial charge in [-0.2, -0.15) is 0 Å². The van der Waals surface area contributed by atoms with Crippen LogP contribution in [0.5, 0.6) is 11.5 Å². The quantitative estimate of drug-likeness (QED) is 0.536. The van der Waals surface area contributed by atoms with E-state index in [-0.39, 0.29) is 18.4 Å². The van der Waals surface area contributed by atoms with E-state index in [9.17, 15) is 9.59 Å². The van der Waals surface area contributed by atoms with E-state index in [2.05, 4.69) is 31.7 Å². The Morgan fingerprint density at radius 1 is 1.12 bits per heavy atom. The van der Waals surface area contributed by atoms with Crippen LogP contribution in [-0.2, 0) is 11.3 Å². The Hall–Kier alpha value is -2.78. The number of hydrogen-bond acceptors (Lipinski definition) is 6. The Morgan fingerprint density at radius 2 is 1.85 bits per heavy atom. The lowest BCUT2D eigenvalue weighted by Crippen LogP contribution is -2.43. The van der Waals surface area contributed by atoms with Crippen LogP contribution in [0.1, 0.15) is 34.3 Å². The Labute approximate surface area is 202 Å². The first kappa shape index (κ1) is 24.9. The summed E-state index contributed by atoms with van der Waals surface area (Å²) in [6.45, 7) is 4.65. The van der Waals surface area contributed by atoms with Crippen LogP contribution in [0.15, 0.2) is 40.9 Å². The Bertz CT molecular complexity index is 985. The van der Waals surface area contributed by atoms with Crippen molar-refractivity contribution >= 4 is 27.9 Å². The Morgan fingerprint density at radius 3 is 2.58 bits per heavy atom.